The number of piperazine rings is 1. The van der Waals surface area contributed by atoms with E-state index in [9.17, 15) is 8.42 Å². The number of halogens is 1. The smallest absolute Gasteiger partial charge is 0.244 e. The lowest BCUT2D eigenvalue weighted by molar-refractivity contribution is 0.284. The van der Waals surface area contributed by atoms with Gasteiger partial charge in [-0.1, -0.05) is 12.1 Å². The highest BCUT2D eigenvalue weighted by atomic mass is 79.9. The van der Waals surface area contributed by atoms with Crippen LogP contribution >= 0.6 is 15.9 Å². The average Bonchev–Trinajstić information content (AvgIpc) is 2.47. The molecule has 2 heterocycles. The van der Waals surface area contributed by atoms with Crippen molar-refractivity contribution >= 4 is 36.7 Å². The van der Waals surface area contributed by atoms with E-state index >= 15 is 0 Å². The lowest BCUT2D eigenvalue weighted by Gasteiger charge is -2.33. The maximum absolute atomic E-state index is 13.0. The van der Waals surface area contributed by atoms with Crippen molar-refractivity contribution in [2.24, 2.45) is 0 Å². The zero-order valence-electron chi connectivity index (χ0n) is 11.6. The van der Waals surface area contributed by atoms with Crippen molar-refractivity contribution in [2.45, 2.75) is 17.9 Å². The fourth-order valence-electron chi connectivity index (χ4n) is 2.68. The summed E-state index contributed by atoms with van der Waals surface area (Å²) in [5.41, 5.74) is 0. The summed E-state index contributed by atoms with van der Waals surface area (Å²) in [7, 11) is -3.52. The van der Waals surface area contributed by atoms with Crippen molar-refractivity contribution in [3.63, 3.8) is 0 Å². The largest absolute Gasteiger partial charge is 0.314 e. The van der Waals surface area contributed by atoms with Crippen LogP contribution in [0.1, 0.15) is 6.92 Å². The van der Waals surface area contributed by atoms with Gasteiger partial charge in [0, 0.05) is 53.3 Å². The Balaban J connectivity index is 2.19. The summed E-state index contributed by atoms with van der Waals surface area (Å²) in [6.07, 6.45) is 3.31. The fourth-order valence-corrected chi connectivity index (χ4v) is 5.24. The van der Waals surface area contributed by atoms with E-state index in [1.165, 1.54) is 0 Å². The van der Waals surface area contributed by atoms with Crippen LogP contribution in [0.5, 0.6) is 0 Å². The summed E-state index contributed by atoms with van der Waals surface area (Å²) in [5.74, 6) is 0. The van der Waals surface area contributed by atoms with E-state index in [0.717, 1.165) is 5.39 Å². The maximum Gasteiger partial charge on any atom is 0.244 e. The van der Waals surface area contributed by atoms with Gasteiger partial charge in [0.05, 0.1) is 4.90 Å². The van der Waals surface area contributed by atoms with Crippen LogP contribution < -0.4 is 5.32 Å². The Kier molecular flexibility index (Phi) is 4.00. The van der Waals surface area contributed by atoms with E-state index in [2.05, 4.69) is 26.2 Å². The number of nitrogens with zero attached hydrogens (tertiary/aromatic N) is 2. The minimum Gasteiger partial charge on any atom is -0.314 e. The molecule has 112 valence electrons. The van der Waals surface area contributed by atoms with E-state index in [1.54, 1.807) is 28.8 Å². The molecule has 5 nitrogen and oxygen atoms in total. The number of fused-ring (bicyclic) bond motifs is 1. The summed E-state index contributed by atoms with van der Waals surface area (Å²) < 4.78 is 28.3. The Morgan fingerprint density at radius 3 is 2.95 bits per heavy atom. The fraction of sp³-hybridized carbons (Fsp3) is 0.357. The average molecular weight is 370 g/mol. The lowest BCUT2D eigenvalue weighted by atomic mass is 10.2. The van der Waals surface area contributed by atoms with Crippen LogP contribution in [0.2, 0.25) is 0 Å². The van der Waals surface area contributed by atoms with Crippen molar-refractivity contribution in [2.75, 3.05) is 19.6 Å². The second-order valence-electron chi connectivity index (χ2n) is 5.14. The van der Waals surface area contributed by atoms with Crippen LogP contribution in [0, 0.1) is 0 Å². The van der Waals surface area contributed by atoms with Crippen molar-refractivity contribution in [3.05, 3.63) is 35.1 Å². The van der Waals surface area contributed by atoms with Gasteiger partial charge in [-0.05, 0) is 28.9 Å². The van der Waals surface area contributed by atoms with Gasteiger partial charge < -0.3 is 5.32 Å². The maximum atomic E-state index is 13.0. The number of hydrogen-bond donors (Lipinski definition) is 1. The topological polar surface area (TPSA) is 62.3 Å². The van der Waals surface area contributed by atoms with Gasteiger partial charge in [-0.3, -0.25) is 4.98 Å². The molecule has 1 aliphatic rings. The molecule has 0 spiro atoms. The van der Waals surface area contributed by atoms with Gasteiger partial charge in [0.2, 0.25) is 10.0 Å². The molecule has 1 atom stereocenters. The van der Waals surface area contributed by atoms with Gasteiger partial charge >= 0.3 is 0 Å². The Morgan fingerprint density at radius 2 is 2.19 bits per heavy atom. The quantitative estimate of drug-likeness (QED) is 0.878. The van der Waals surface area contributed by atoms with Gasteiger partial charge in [0.1, 0.15) is 0 Å². The number of nitrogens with one attached hydrogen (secondary N) is 1. The number of aromatic nitrogens is 1. The second-order valence-corrected chi connectivity index (χ2v) is 7.86. The third kappa shape index (κ3) is 2.59. The summed E-state index contributed by atoms with van der Waals surface area (Å²) in [4.78, 5) is 4.43. The first-order valence-electron chi connectivity index (χ1n) is 6.76. The van der Waals surface area contributed by atoms with E-state index < -0.39 is 10.0 Å². The molecule has 2 aromatic rings. The molecule has 0 amide bonds. The first-order valence-corrected chi connectivity index (χ1v) is 9.00. The molecule has 1 fully saturated rings. The molecule has 1 saturated heterocycles. The highest BCUT2D eigenvalue weighted by Gasteiger charge is 2.32. The third-order valence-electron chi connectivity index (χ3n) is 3.73. The van der Waals surface area contributed by atoms with Crippen LogP contribution in [0.25, 0.3) is 10.8 Å². The molecule has 0 saturated carbocycles. The van der Waals surface area contributed by atoms with Crippen LogP contribution in [-0.4, -0.2) is 43.4 Å². The molecular formula is C14H16BrN3O2S. The number of pyridine rings is 1. The molecule has 1 N–H and O–H groups in total. The zero-order valence-corrected chi connectivity index (χ0v) is 14.0. The van der Waals surface area contributed by atoms with E-state index in [1.807, 2.05) is 13.0 Å². The second kappa shape index (κ2) is 5.64. The first-order chi connectivity index (χ1) is 10.0. The first kappa shape index (κ1) is 14.9. The third-order valence-corrected chi connectivity index (χ3v) is 6.38. The van der Waals surface area contributed by atoms with E-state index in [-0.39, 0.29) is 6.04 Å². The van der Waals surface area contributed by atoms with Crippen molar-refractivity contribution in [1.82, 2.24) is 14.6 Å². The Labute approximate surface area is 132 Å². The van der Waals surface area contributed by atoms with E-state index in [4.69, 9.17) is 0 Å². The van der Waals surface area contributed by atoms with Gasteiger partial charge in [-0.2, -0.15) is 4.31 Å². The van der Waals surface area contributed by atoms with E-state index in [0.29, 0.717) is 34.4 Å². The molecule has 0 aliphatic carbocycles. The summed E-state index contributed by atoms with van der Waals surface area (Å²) in [6, 6.07) is 5.24. The summed E-state index contributed by atoms with van der Waals surface area (Å²) in [6.45, 7) is 3.76. The summed E-state index contributed by atoms with van der Waals surface area (Å²) in [5, 5.41) is 4.72. The molecular weight excluding hydrogens is 354 g/mol. The molecule has 0 bridgehead atoms. The number of hydrogen-bond acceptors (Lipinski definition) is 4. The van der Waals surface area contributed by atoms with Gasteiger partial charge in [0.15, 0.2) is 0 Å². The van der Waals surface area contributed by atoms with Gasteiger partial charge in [-0.25, -0.2) is 8.42 Å². The summed E-state index contributed by atoms with van der Waals surface area (Å²) >= 11 is 3.42. The predicted molar refractivity (Wildman–Crippen MR) is 85.7 cm³/mol. The molecule has 1 aliphatic heterocycles. The molecule has 3 rings (SSSR count). The standard InChI is InChI=1S/C14H16BrN3O2S/c1-10-7-16-5-6-18(10)21(19,20)13-4-2-3-11-8-17-9-12(15)14(11)13/h2-4,8-10,16H,5-7H2,1H3/t10-/m0/s1. The van der Waals surface area contributed by atoms with Crippen molar-refractivity contribution in [3.8, 4) is 0 Å². The van der Waals surface area contributed by atoms with Crippen molar-refractivity contribution in [1.29, 1.82) is 0 Å². The molecule has 21 heavy (non-hydrogen) atoms. The van der Waals surface area contributed by atoms with Crippen LogP contribution in [0.15, 0.2) is 40.0 Å². The number of benzene rings is 1. The zero-order chi connectivity index (χ0) is 15.0. The number of rotatable bonds is 2. The predicted octanol–water partition coefficient (Wildman–Crippen LogP) is 1.98. The SMILES string of the molecule is C[C@H]1CNCCN1S(=O)(=O)c1cccc2cncc(Br)c12. The van der Waals surface area contributed by atoms with Crippen LogP contribution in [0.3, 0.4) is 0 Å². The molecule has 7 heteroatoms. The molecule has 0 radical (unpaired) electrons. The molecule has 1 aromatic carbocycles. The lowest BCUT2D eigenvalue weighted by Crippen LogP contribution is -2.52. The van der Waals surface area contributed by atoms with Gasteiger partial charge in [0.25, 0.3) is 0 Å². The Bertz CT molecular complexity index is 774. The minimum absolute atomic E-state index is 0.0559. The number of sulfonamides is 1. The Morgan fingerprint density at radius 1 is 1.38 bits per heavy atom. The molecule has 1 aromatic heterocycles. The highest BCUT2D eigenvalue weighted by molar-refractivity contribution is 9.10. The van der Waals surface area contributed by atoms with Crippen molar-refractivity contribution < 1.29 is 8.42 Å². The normalized spacial score (nSPS) is 20.8. The van der Waals surface area contributed by atoms with Gasteiger partial charge in [-0.15, -0.1) is 0 Å². The monoisotopic (exact) mass is 369 g/mol. The highest BCUT2D eigenvalue weighted by Crippen LogP contribution is 2.31. The minimum atomic E-state index is -3.52. The molecule has 0 unspecified atom stereocenters. The Hall–Kier alpha value is -1.02. The van der Waals surface area contributed by atoms with Crippen LogP contribution in [-0.2, 0) is 10.0 Å². The van der Waals surface area contributed by atoms with Crippen LogP contribution in [0.4, 0.5) is 0 Å².